The van der Waals surface area contributed by atoms with Gasteiger partial charge in [-0.2, -0.15) is 0 Å². The first-order valence-electron chi connectivity index (χ1n) is 6.83. The summed E-state index contributed by atoms with van der Waals surface area (Å²) >= 11 is 3.35. The van der Waals surface area contributed by atoms with Crippen molar-refractivity contribution < 1.29 is 14.7 Å². The maximum Gasteiger partial charge on any atom is 0.335 e. The minimum Gasteiger partial charge on any atom is -0.478 e. The maximum atomic E-state index is 12.5. The molecule has 1 aliphatic rings. The summed E-state index contributed by atoms with van der Waals surface area (Å²) in [6, 6.07) is 4.64. The van der Waals surface area contributed by atoms with Crippen molar-refractivity contribution in [2.75, 3.05) is 5.32 Å². The summed E-state index contributed by atoms with van der Waals surface area (Å²) in [4.78, 5) is 23.5. The Hall–Kier alpha value is -1.36. The summed E-state index contributed by atoms with van der Waals surface area (Å²) < 4.78 is 0.695. The van der Waals surface area contributed by atoms with Crippen LogP contribution in [0, 0.1) is 5.41 Å². The smallest absolute Gasteiger partial charge is 0.335 e. The summed E-state index contributed by atoms with van der Waals surface area (Å²) in [6.45, 7) is 2.04. The standard InChI is InChI=1S/C15H18BrNO3/c1-2-15(7-3-4-8-15)14(20)17-12-9-10(13(18)19)5-6-11(12)16/h5-6,9H,2-4,7-8H2,1H3,(H,17,20)(H,18,19). The minimum absolute atomic E-state index is 0.000684. The molecule has 0 unspecified atom stereocenters. The van der Waals surface area contributed by atoms with Gasteiger partial charge in [-0.1, -0.05) is 19.8 Å². The molecule has 1 saturated carbocycles. The van der Waals surface area contributed by atoms with Gasteiger partial charge in [-0.25, -0.2) is 4.79 Å². The Labute approximate surface area is 126 Å². The summed E-state index contributed by atoms with van der Waals surface area (Å²) in [6.07, 6.45) is 4.79. The van der Waals surface area contributed by atoms with E-state index in [0.29, 0.717) is 10.2 Å². The van der Waals surface area contributed by atoms with E-state index < -0.39 is 5.97 Å². The molecule has 0 bridgehead atoms. The van der Waals surface area contributed by atoms with Crippen LogP contribution < -0.4 is 5.32 Å². The molecule has 1 amide bonds. The Balaban J connectivity index is 2.23. The van der Waals surface area contributed by atoms with E-state index in [2.05, 4.69) is 21.2 Å². The van der Waals surface area contributed by atoms with Gasteiger partial charge in [0, 0.05) is 9.89 Å². The van der Waals surface area contributed by atoms with Gasteiger partial charge in [0.15, 0.2) is 0 Å². The normalized spacial score (nSPS) is 16.9. The van der Waals surface area contributed by atoms with Gasteiger partial charge in [-0.15, -0.1) is 0 Å². The van der Waals surface area contributed by atoms with E-state index in [4.69, 9.17) is 5.11 Å². The highest BCUT2D eigenvalue weighted by atomic mass is 79.9. The Morgan fingerprint density at radius 3 is 2.55 bits per heavy atom. The largest absolute Gasteiger partial charge is 0.478 e. The Kier molecular flexibility index (Phi) is 4.48. The molecule has 0 aromatic heterocycles. The number of hydrogen-bond donors (Lipinski definition) is 2. The third-order valence-electron chi connectivity index (χ3n) is 4.18. The fraction of sp³-hybridized carbons (Fsp3) is 0.467. The molecule has 4 nitrogen and oxygen atoms in total. The lowest BCUT2D eigenvalue weighted by Gasteiger charge is -2.26. The minimum atomic E-state index is -1.00. The molecule has 20 heavy (non-hydrogen) atoms. The van der Waals surface area contributed by atoms with E-state index in [1.165, 1.54) is 12.1 Å². The monoisotopic (exact) mass is 339 g/mol. The highest BCUT2D eigenvalue weighted by Crippen LogP contribution is 2.42. The lowest BCUT2D eigenvalue weighted by atomic mass is 9.82. The van der Waals surface area contributed by atoms with Gasteiger partial charge < -0.3 is 10.4 Å². The molecule has 0 saturated heterocycles. The van der Waals surface area contributed by atoms with Crippen molar-refractivity contribution in [3.8, 4) is 0 Å². The summed E-state index contributed by atoms with van der Waals surface area (Å²) in [5.41, 5.74) is 0.397. The van der Waals surface area contributed by atoms with Gasteiger partial charge >= 0.3 is 5.97 Å². The Morgan fingerprint density at radius 2 is 2.00 bits per heavy atom. The number of carboxylic acids is 1. The van der Waals surface area contributed by atoms with Gasteiger partial charge in [0.25, 0.3) is 0 Å². The van der Waals surface area contributed by atoms with Crippen LogP contribution in [0.15, 0.2) is 22.7 Å². The Bertz CT molecular complexity index is 536. The number of amides is 1. The first-order chi connectivity index (χ1) is 9.48. The van der Waals surface area contributed by atoms with Gasteiger partial charge in [0.05, 0.1) is 11.3 Å². The Morgan fingerprint density at radius 1 is 1.35 bits per heavy atom. The molecule has 0 atom stereocenters. The number of carbonyl (C=O) groups excluding carboxylic acids is 1. The predicted octanol–water partition coefficient (Wildman–Crippen LogP) is 4.06. The second-order valence-corrected chi connectivity index (χ2v) is 6.15. The van der Waals surface area contributed by atoms with Crippen LogP contribution in [0.5, 0.6) is 0 Å². The van der Waals surface area contributed by atoms with Crippen molar-refractivity contribution >= 4 is 33.5 Å². The van der Waals surface area contributed by atoms with Crippen LogP contribution in [-0.2, 0) is 4.79 Å². The summed E-state index contributed by atoms with van der Waals surface area (Å²) in [5, 5.41) is 11.9. The van der Waals surface area contributed by atoms with Gasteiger partial charge in [-0.3, -0.25) is 4.79 Å². The molecule has 1 fully saturated rings. The topological polar surface area (TPSA) is 66.4 Å². The van der Waals surface area contributed by atoms with Gasteiger partial charge in [0.1, 0.15) is 0 Å². The van der Waals surface area contributed by atoms with E-state index in [-0.39, 0.29) is 16.9 Å². The molecular weight excluding hydrogens is 322 g/mol. The zero-order valence-electron chi connectivity index (χ0n) is 11.4. The molecule has 0 heterocycles. The van der Waals surface area contributed by atoms with Crippen LogP contribution in [0.2, 0.25) is 0 Å². The molecule has 2 rings (SSSR count). The molecule has 1 aromatic carbocycles. The third kappa shape index (κ3) is 2.87. The molecule has 1 aromatic rings. The van der Waals surface area contributed by atoms with E-state index in [9.17, 15) is 9.59 Å². The van der Waals surface area contributed by atoms with E-state index in [1.807, 2.05) is 6.92 Å². The fourth-order valence-corrected chi connectivity index (χ4v) is 3.15. The van der Waals surface area contributed by atoms with E-state index in [0.717, 1.165) is 32.1 Å². The molecule has 1 aliphatic carbocycles. The predicted molar refractivity (Wildman–Crippen MR) is 80.9 cm³/mol. The zero-order chi connectivity index (χ0) is 14.8. The molecule has 2 N–H and O–H groups in total. The molecule has 5 heteroatoms. The van der Waals surface area contributed by atoms with Crippen molar-refractivity contribution in [1.29, 1.82) is 0 Å². The fourth-order valence-electron chi connectivity index (χ4n) is 2.80. The SMILES string of the molecule is CCC1(C(=O)Nc2cc(C(=O)O)ccc2Br)CCCC1. The van der Waals surface area contributed by atoms with Crippen LogP contribution in [-0.4, -0.2) is 17.0 Å². The van der Waals surface area contributed by atoms with Crippen molar-refractivity contribution in [2.45, 2.75) is 39.0 Å². The molecule has 0 aliphatic heterocycles. The lowest BCUT2D eigenvalue weighted by Crippen LogP contribution is -2.33. The number of halogens is 1. The summed E-state index contributed by atoms with van der Waals surface area (Å²) in [7, 11) is 0. The van der Waals surface area contributed by atoms with E-state index >= 15 is 0 Å². The second-order valence-electron chi connectivity index (χ2n) is 5.29. The number of carbonyl (C=O) groups is 2. The molecule has 0 spiro atoms. The summed E-state index contributed by atoms with van der Waals surface area (Å²) in [5.74, 6) is -1.00. The number of hydrogen-bond acceptors (Lipinski definition) is 2. The van der Waals surface area contributed by atoms with Crippen molar-refractivity contribution in [3.05, 3.63) is 28.2 Å². The quantitative estimate of drug-likeness (QED) is 0.869. The number of carboxylic acid groups (broad SMARTS) is 1. The van der Waals surface area contributed by atoms with Crippen LogP contribution in [0.25, 0.3) is 0 Å². The number of rotatable bonds is 4. The van der Waals surface area contributed by atoms with Crippen molar-refractivity contribution in [2.24, 2.45) is 5.41 Å². The lowest BCUT2D eigenvalue weighted by molar-refractivity contribution is -0.125. The molecular formula is C15H18BrNO3. The molecule has 0 radical (unpaired) electrons. The number of benzene rings is 1. The van der Waals surface area contributed by atoms with Crippen LogP contribution in [0.3, 0.4) is 0 Å². The van der Waals surface area contributed by atoms with Crippen LogP contribution in [0.4, 0.5) is 5.69 Å². The van der Waals surface area contributed by atoms with Crippen LogP contribution >= 0.6 is 15.9 Å². The third-order valence-corrected chi connectivity index (χ3v) is 4.87. The van der Waals surface area contributed by atoms with Crippen molar-refractivity contribution in [3.63, 3.8) is 0 Å². The number of nitrogens with one attached hydrogen (secondary N) is 1. The molecule has 108 valence electrons. The highest BCUT2D eigenvalue weighted by Gasteiger charge is 2.39. The van der Waals surface area contributed by atoms with E-state index in [1.54, 1.807) is 6.07 Å². The average molecular weight is 340 g/mol. The van der Waals surface area contributed by atoms with Crippen molar-refractivity contribution in [1.82, 2.24) is 0 Å². The zero-order valence-corrected chi connectivity index (χ0v) is 13.0. The highest BCUT2D eigenvalue weighted by molar-refractivity contribution is 9.10. The van der Waals surface area contributed by atoms with Gasteiger partial charge in [0.2, 0.25) is 5.91 Å². The number of anilines is 1. The average Bonchev–Trinajstić information content (AvgIpc) is 2.91. The number of aromatic carboxylic acids is 1. The first-order valence-corrected chi connectivity index (χ1v) is 7.62. The van der Waals surface area contributed by atoms with Gasteiger partial charge in [-0.05, 0) is 53.4 Å². The first kappa shape index (κ1) is 15.0. The van der Waals surface area contributed by atoms with Crippen LogP contribution in [0.1, 0.15) is 49.4 Å². The second kappa shape index (κ2) is 5.95. The maximum absolute atomic E-state index is 12.5.